The number of carboxylic acids is 1. The lowest BCUT2D eigenvalue weighted by Gasteiger charge is -2.54. The first-order valence-electron chi connectivity index (χ1n) is 7.95. The first-order chi connectivity index (χ1) is 11.0. The molecule has 1 aliphatic heterocycles. The van der Waals surface area contributed by atoms with E-state index >= 15 is 0 Å². The van der Waals surface area contributed by atoms with Crippen LogP contribution in [0.15, 0.2) is 18.2 Å². The lowest BCUT2D eigenvalue weighted by Crippen LogP contribution is -2.66. The molecule has 0 radical (unpaired) electrons. The lowest BCUT2D eigenvalue weighted by molar-refractivity contribution is -0.161. The fourth-order valence-electron chi connectivity index (χ4n) is 4.42. The van der Waals surface area contributed by atoms with Crippen LogP contribution in [0.4, 0.5) is 0 Å². The molecule has 3 fully saturated rings. The highest BCUT2D eigenvalue weighted by Crippen LogP contribution is 2.52. The predicted octanol–water partition coefficient (Wildman–Crippen LogP) is 2.03. The molecule has 3 aliphatic carbocycles. The number of aliphatic carboxylic acids is 1. The minimum atomic E-state index is -0.773. The zero-order valence-corrected chi connectivity index (χ0v) is 12.9. The van der Waals surface area contributed by atoms with Crippen molar-refractivity contribution in [2.75, 3.05) is 7.11 Å². The van der Waals surface area contributed by atoms with Gasteiger partial charge in [0.25, 0.3) is 5.91 Å². The third-order valence-corrected chi connectivity index (χ3v) is 5.59. The van der Waals surface area contributed by atoms with Gasteiger partial charge in [0.2, 0.25) is 0 Å². The normalized spacial score (nSPS) is 34.5. The number of methoxy groups -OCH3 is 1. The molecular weight excluding hydrogens is 298 g/mol. The average molecular weight is 317 g/mol. The third kappa shape index (κ3) is 2.08. The molecule has 6 nitrogen and oxygen atoms in total. The molecule has 2 N–H and O–H groups in total. The molecule has 1 aromatic rings. The summed E-state index contributed by atoms with van der Waals surface area (Å²) in [6.07, 6.45) is 2.87. The number of ether oxygens (including phenoxy) is 2. The summed E-state index contributed by atoms with van der Waals surface area (Å²) in [5.41, 5.74) is -0.279. The van der Waals surface area contributed by atoms with E-state index in [9.17, 15) is 14.7 Å². The number of hydrogen-bond donors (Lipinski definition) is 2. The molecule has 5 rings (SSSR count). The van der Waals surface area contributed by atoms with Gasteiger partial charge in [-0.15, -0.1) is 0 Å². The van der Waals surface area contributed by atoms with Crippen molar-refractivity contribution in [2.45, 2.75) is 31.4 Å². The SMILES string of the molecule is COc1ccc2c(c1)O[C@@]1(C[C@H]3CC[C@H]1C[C@H]3C(=O)O)NC2=O. The Morgan fingerprint density at radius 2 is 2.26 bits per heavy atom. The van der Waals surface area contributed by atoms with E-state index in [1.165, 1.54) is 0 Å². The van der Waals surface area contributed by atoms with Crippen molar-refractivity contribution in [1.82, 2.24) is 5.32 Å². The summed E-state index contributed by atoms with van der Waals surface area (Å²) in [4.78, 5) is 23.9. The van der Waals surface area contributed by atoms with Crippen LogP contribution in [0.25, 0.3) is 0 Å². The van der Waals surface area contributed by atoms with E-state index in [0.717, 1.165) is 12.8 Å². The highest BCUT2D eigenvalue weighted by atomic mass is 16.5. The Kier molecular flexibility index (Phi) is 3.04. The topological polar surface area (TPSA) is 84.9 Å². The molecule has 0 saturated heterocycles. The number of carboxylic acid groups (broad SMARTS) is 1. The van der Waals surface area contributed by atoms with Crippen molar-refractivity contribution in [3.63, 3.8) is 0 Å². The zero-order valence-electron chi connectivity index (χ0n) is 12.9. The zero-order chi connectivity index (χ0) is 16.2. The molecule has 1 aromatic carbocycles. The maximum Gasteiger partial charge on any atom is 0.306 e. The molecule has 3 saturated carbocycles. The average Bonchev–Trinajstić information content (AvgIpc) is 2.54. The fourth-order valence-corrected chi connectivity index (χ4v) is 4.42. The second-order valence-corrected chi connectivity index (χ2v) is 6.73. The fraction of sp³-hybridized carbons (Fsp3) is 0.529. The van der Waals surface area contributed by atoms with Gasteiger partial charge in [0.1, 0.15) is 11.5 Å². The Morgan fingerprint density at radius 1 is 1.43 bits per heavy atom. The van der Waals surface area contributed by atoms with Crippen molar-refractivity contribution in [3.05, 3.63) is 23.8 Å². The maximum absolute atomic E-state index is 12.5. The second-order valence-electron chi connectivity index (χ2n) is 6.73. The van der Waals surface area contributed by atoms with Crippen molar-refractivity contribution >= 4 is 11.9 Å². The van der Waals surface area contributed by atoms with Crippen LogP contribution in [0.1, 0.15) is 36.0 Å². The molecule has 4 aliphatic rings. The van der Waals surface area contributed by atoms with Crippen LogP contribution < -0.4 is 14.8 Å². The Balaban J connectivity index is 1.69. The molecule has 1 amide bonds. The summed E-state index contributed by atoms with van der Waals surface area (Å²) in [6, 6.07) is 5.15. The van der Waals surface area contributed by atoms with E-state index in [1.807, 2.05) is 0 Å². The van der Waals surface area contributed by atoms with Gasteiger partial charge in [-0.05, 0) is 37.3 Å². The Hall–Kier alpha value is -2.24. The van der Waals surface area contributed by atoms with E-state index in [1.54, 1.807) is 25.3 Å². The molecule has 4 atom stereocenters. The third-order valence-electron chi connectivity index (χ3n) is 5.59. The summed E-state index contributed by atoms with van der Waals surface area (Å²) in [7, 11) is 1.57. The number of nitrogens with one attached hydrogen (secondary N) is 1. The highest BCUT2D eigenvalue weighted by Gasteiger charge is 2.57. The smallest absolute Gasteiger partial charge is 0.306 e. The van der Waals surface area contributed by atoms with Gasteiger partial charge >= 0.3 is 5.97 Å². The number of hydrogen-bond acceptors (Lipinski definition) is 4. The number of amides is 1. The number of carbonyl (C=O) groups is 2. The molecule has 1 heterocycles. The Labute approximate surface area is 133 Å². The van der Waals surface area contributed by atoms with Gasteiger partial charge < -0.3 is 19.9 Å². The van der Waals surface area contributed by atoms with Gasteiger partial charge in [0.15, 0.2) is 5.72 Å². The molecule has 122 valence electrons. The van der Waals surface area contributed by atoms with Gasteiger partial charge in [0.05, 0.1) is 18.6 Å². The highest BCUT2D eigenvalue weighted by molar-refractivity contribution is 5.98. The second kappa shape index (κ2) is 4.88. The lowest BCUT2D eigenvalue weighted by atomic mass is 9.60. The van der Waals surface area contributed by atoms with Crippen molar-refractivity contribution in [1.29, 1.82) is 0 Å². The number of carbonyl (C=O) groups excluding carboxylic acids is 1. The van der Waals surface area contributed by atoms with Gasteiger partial charge in [-0.25, -0.2) is 0 Å². The van der Waals surface area contributed by atoms with Gasteiger partial charge in [-0.3, -0.25) is 9.59 Å². The van der Waals surface area contributed by atoms with Crippen LogP contribution in [-0.2, 0) is 4.79 Å². The van der Waals surface area contributed by atoms with Crippen LogP contribution in [-0.4, -0.2) is 29.8 Å². The number of fused-ring (bicyclic) bond motifs is 3. The van der Waals surface area contributed by atoms with Gasteiger partial charge in [-0.2, -0.15) is 0 Å². The van der Waals surface area contributed by atoms with E-state index in [-0.39, 0.29) is 23.7 Å². The van der Waals surface area contributed by atoms with E-state index < -0.39 is 11.7 Å². The number of benzene rings is 1. The van der Waals surface area contributed by atoms with E-state index in [0.29, 0.717) is 29.9 Å². The summed E-state index contributed by atoms with van der Waals surface area (Å²) in [6.45, 7) is 0. The van der Waals surface area contributed by atoms with Crippen LogP contribution in [0.5, 0.6) is 11.5 Å². The Morgan fingerprint density at radius 3 is 2.91 bits per heavy atom. The minimum Gasteiger partial charge on any atom is -0.497 e. The maximum atomic E-state index is 12.5. The largest absolute Gasteiger partial charge is 0.497 e. The summed E-state index contributed by atoms with van der Waals surface area (Å²) in [5.74, 6) is 0.00559. The van der Waals surface area contributed by atoms with Crippen LogP contribution in [0.2, 0.25) is 0 Å². The minimum absolute atomic E-state index is 0.0249. The van der Waals surface area contributed by atoms with Gasteiger partial charge in [0, 0.05) is 18.4 Å². The molecular formula is C17H19NO5. The molecule has 0 unspecified atom stereocenters. The van der Waals surface area contributed by atoms with Crippen molar-refractivity contribution < 1.29 is 24.2 Å². The van der Waals surface area contributed by atoms with Crippen molar-refractivity contribution in [3.8, 4) is 11.5 Å². The monoisotopic (exact) mass is 317 g/mol. The quantitative estimate of drug-likeness (QED) is 0.872. The van der Waals surface area contributed by atoms with Crippen molar-refractivity contribution in [2.24, 2.45) is 17.8 Å². The van der Waals surface area contributed by atoms with Gasteiger partial charge in [-0.1, -0.05) is 0 Å². The molecule has 6 heteroatoms. The first-order valence-corrected chi connectivity index (χ1v) is 7.95. The van der Waals surface area contributed by atoms with E-state index in [4.69, 9.17) is 9.47 Å². The molecule has 2 bridgehead atoms. The molecule has 1 spiro atoms. The number of rotatable bonds is 2. The summed E-state index contributed by atoms with van der Waals surface area (Å²) < 4.78 is 11.4. The summed E-state index contributed by atoms with van der Waals surface area (Å²) >= 11 is 0. The summed E-state index contributed by atoms with van der Waals surface area (Å²) in [5, 5.41) is 12.4. The van der Waals surface area contributed by atoms with E-state index in [2.05, 4.69) is 5.32 Å². The predicted molar refractivity (Wildman–Crippen MR) is 80.4 cm³/mol. The first kappa shape index (κ1) is 14.4. The Bertz CT molecular complexity index is 688. The van der Waals surface area contributed by atoms with Crippen LogP contribution in [0.3, 0.4) is 0 Å². The molecule has 23 heavy (non-hydrogen) atoms. The molecule has 0 aromatic heterocycles. The standard InChI is InChI=1S/C17H19NO5/c1-22-11-4-5-12-14(7-11)23-17(18-15(12)19)8-9-2-3-10(17)6-13(9)16(20)21/h4-5,7,9-10,13H,2-3,6,8H2,1H3,(H,18,19)(H,20,21)/t9-,10+,13-,17-/m1/s1. The van der Waals surface area contributed by atoms with Crippen LogP contribution in [0, 0.1) is 17.8 Å². The van der Waals surface area contributed by atoms with Crippen LogP contribution >= 0.6 is 0 Å².